The maximum atomic E-state index is 3.60. The van der Waals surface area contributed by atoms with Crippen LogP contribution in [0.15, 0.2) is 44.7 Å². The van der Waals surface area contributed by atoms with Gasteiger partial charge in [-0.15, -0.1) is 11.3 Å². The van der Waals surface area contributed by atoms with Crippen molar-refractivity contribution in [1.29, 1.82) is 0 Å². The van der Waals surface area contributed by atoms with E-state index in [0.29, 0.717) is 0 Å². The Bertz CT molecular complexity index is 517. The summed E-state index contributed by atoms with van der Waals surface area (Å²) in [4.78, 5) is 1.33. The lowest BCUT2D eigenvalue weighted by molar-refractivity contribution is 0.403. The molecule has 0 radical (unpaired) electrons. The summed E-state index contributed by atoms with van der Waals surface area (Å²) >= 11 is 8.80. The van der Waals surface area contributed by atoms with Gasteiger partial charge < -0.3 is 5.32 Å². The van der Waals surface area contributed by atoms with Crippen LogP contribution >= 0.6 is 43.2 Å². The van der Waals surface area contributed by atoms with Gasteiger partial charge in [-0.3, -0.25) is 0 Å². The molecule has 0 atom stereocenters. The van der Waals surface area contributed by atoms with Gasteiger partial charge in [0, 0.05) is 25.9 Å². The monoisotopic (exact) mass is 387 g/mol. The number of hydrogen-bond donors (Lipinski definition) is 1. The zero-order valence-electron chi connectivity index (χ0n) is 10.3. The maximum Gasteiger partial charge on any atom is 0.0380 e. The van der Waals surface area contributed by atoms with Gasteiger partial charge in [0.1, 0.15) is 0 Å². The third-order valence-electron chi connectivity index (χ3n) is 2.95. The standard InChI is InChI=1S/C14H15Br2NS/c1-14(2,10-3-5-11(15)6-4-10)17-9-13-12(16)7-8-18-13/h3-8,17H,9H2,1-2H3. The first-order valence-electron chi connectivity index (χ1n) is 5.72. The molecule has 0 aliphatic heterocycles. The SMILES string of the molecule is CC(C)(NCc1sccc1Br)c1ccc(Br)cc1. The molecule has 0 saturated carbocycles. The molecule has 96 valence electrons. The molecule has 1 aromatic carbocycles. The lowest BCUT2D eigenvalue weighted by Gasteiger charge is -2.27. The molecule has 0 unspecified atom stereocenters. The Morgan fingerprint density at radius 3 is 2.33 bits per heavy atom. The average molecular weight is 389 g/mol. The Kier molecular flexibility index (Phi) is 4.64. The minimum absolute atomic E-state index is 0.0376. The zero-order valence-corrected chi connectivity index (χ0v) is 14.3. The van der Waals surface area contributed by atoms with Crippen molar-refractivity contribution in [2.24, 2.45) is 0 Å². The smallest absolute Gasteiger partial charge is 0.0380 e. The van der Waals surface area contributed by atoms with Crippen molar-refractivity contribution in [3.8, 4) is 0 Å². The minimum atomic E-state index is -0.0376. The van der Waals surface area contributed by atoms with E-state index in [1.54, 1.807) is 11.3 Å². The Hall–Kier alpha value is -0.160. The number of hydrogen-bond acceptors (Lipinski definition) is 2. The van der Waals surface area contributed by atoms with Crippen LogP contribution in [0.3, 0.4) is 0 Å². The van der Waals surface area contributed by atoms with Crippen LogP contribution in [0.25, 0.3) is 0 Å². The molecule has 1 N–H and O–H groups in total. The van der Waals surface area contributed by atoms with Crippen molar-refractivity contribution in [1.82, 2.24) is 5.32 Å². The van der Waals surface area contributed by atoms with Gasteiger partial charge >= 0.3 is 0 Å². The van der Waals surface area contributed by atoms with Crippen LogP contribution in [0, 0.1) is 0 Å². The predicted molar refractivity (Wildman–Crippen MR) is 86.0 cm³/mol. The van der Waals surface area contributed by atoms with Gasteiger partial charge in [-0.05, 0) is 58.9 Å². The van der Waals surface area contributed by atoms with Crippen LogP contribution < -0.4 is 5.32 Å². The zero-order chi connectivity index (χ0) is 13.2. The fourth-order valence-electron chi connectivity index (χ4n) is 1.72. The van der Waals surface area contributed by atoms with Crippen molar-refractivity contribution in [2.75, 3.05) is 0 Å². The molecule has 18 heavy (non-hydrogen) atoms. The molecule has 0 aliphatic rings. The summed E-state index contributed by atoms with van der Waals surface area (Å²) in [6, 6.07) is 10.6. The third kappa shape index (κ3) is 3.44. The predicted octanol–water partition coefficient (Wildman–Crippen LogP) is 5.30. The van der Waals surface area contributed by atoms with Crippen LogP contribution in [-0.2, 0) is 12.1 Å². The van der Waals surface area contributed by atoms with E-state index in [9.17, 15) is 0 Å². The van der Waals surface area contributed by atoms with E-state index < -0.39 is 0 Å². The summed E-state index contributed by atoms with van der Waals surface area (Å²) in [5.41, 5.74) is 1.25. The second-order valence-corrected chi connectivity index (χ2v) is 7.45. The summed E-state index contributed by atoms with van der Waals surface area (Å²) in [6.07, 6.45) is 0. The van der Waals surface area contributed by atoms with E-state index in [-0.39, 0.29) is 5.54 Å². The second-order valence-electron chi connectivity index (χ2n) is 4.68. The molecule has 0 fully saturated rings. The van der Waals surface area contributed by atoms with E-state index in [1.165, 1.54) is 14.9 Å². The minimum Gasteiger partial charge on any atom is -0.303 e. The number of halogens is 2. The summed E-state index contributed by atoms with van der Waals surface area (Å²) < 4.78 is 2.30. The van der Waals surface area contributed by atoms with Gasteiger partial charge in [0.15, 0.2) is 0 Å². The van der Waals surface area contributed by atoms with E-state index in [4.69, 9.17) is 0 Å². The molecule has 2 aromatic rings. The first kappa shape index (κ1) is 14.3. The van der Waals surface area contributed by atoms with Crippen LogP contribution in [0.2, 0.25) is 0 Å². The molecular weight excluding hydrogens is 374 g/mol. The quantitative estimate of drug-likeness (QED) is 0.749. The normalized spacial score (nSPS) is 11.8. The molecule has 0 amide bonds. The van der Waals surface area contributed by atoms with Crippen molar-refractivity contribution < 1.29 is 0 Å². The highest BCUT2D eigenvalue weighted by Gasteiger charge is 2.19. The van der Waals surface area contributed by atoms with Gasteiger partial charge in [0.25, 0.3) is 0 Å². The molecule has 1 nitrogen and oxygen atoms in total. The summed E-state index contributed by atoms with van der Waals surface area (Å²) in [6.45, 7) is 5.29. The van der Waals surface area contributed by atoms with Crippen LogP contribution in [0.4, 0.5) is 0 Å². The largest absolute Gasteiger partial charge is 0.303 e. The number of nitrogens with one attached hydrogen (secondary N) is 1. The second kappa shape index (κ2) is 5.87. The molecule has 4 heteroatoms. The molecule has 2 rings (SSSR count). The molecular formula is C14H15Br2NS. The van der Waals surface area contributed by atoms with Crippen molar-refractivity contribution in [3.05, 3.63) is 55.1 Å². The Labute approximate surface area is 129 Å². The van der Waals surface area contributed by atoms with Crippen LogP contribution in [0.5, 0.6) is 0 Å². The van der Waals surface area contributed by atoms with Gasteiger partial charge in [-0.2, -0.15) is 0 Å². The topological polar surface area (TPSA) is 12.0 Å². The highest BCUT2D eigenvalue weighted by atomic mass is 79.9. The Morgan fingerprint density at radius 1 is 1.11 bits per heavy atom. The average Bonchev–Trinajstić information content (AvgIpc) is 2.73. The first-order chi connectivity index (χ1) is 8.49. The fraction of sp³-hybridized carbons (Fsp3) is 0.286. The van der Waals surface area contributed by atoms with Crippen LogP contribution in [-0.4, -0.2) is 0 Å². The lowest BCUT2D eigenvalue weighted by Crippen LogP contribution is -2.35. The highest BCUT2D eigenvalue weighted by Crippen LogP contribution is 2.26. The highest BCUT2D eigenvalue weighted by molar-refractivity contribution is 9.10. The summed E-state index contributed by atoms with van der Waals surface area (Å²) in [5, 5.41) is 5.71. The van der Waals surface area contributed by atoms with E-state index in [1.807, 2.05) is 0 Å². The van der Waals surface area contributed by atoms with Crippen LogP contribution in [0.1, 0.15) is 24.3 Å². The molecule has 1 aromatic heterocycles. The van der Waals surface area contributed by atoms with E-state index >= 15 is 0 Å². The molecule has 0 saturated heterocycles. The lowest BCUT2D eigenvalue weighted by atomic mass is 9.94. The maximum absolute atomic E-state index is 3.60. The van der Waals surface area contributed by atoms with Gasteiger partial charge in [0.2, 0.25) is 0 Å². The Morgan fingerprint density at radius 2 is 1.78 bits per heavy atom. The van der Waals surface area contributed by atoms with Crippen molar-refractivity contribution >= 4 is 43.2 Å². The van der Waals surface area contributed by atoms with E-state index in [0.717, 1.165) is 11.0 Å². The van der Waals surface area contributed by atoms with Crippen molar-refractivity contribution in [2.45, 2.75) is 25.9 Å². The summed E-state index contributed by atoms with van der Waals surface area (Å²) in [7, 11) is 0. The number of benzene rings is 1. The molecule has 0 bridgehead atoms. The molecule has 1 heterocycles. The summed E-state index contributed by atoms with van der Waals surface area (Å²) in [5.74, 6) is 0. The molecule has 0 aliphatic carbocycles. The third-order valence-corrected chi connectivity index (χ3v) is 5.40. The Balaban J connectivity index is 2.07. The van der Waals surface area contributed by atoms with Gasteiger partial charge in [-0.1, -0.05) is 28.1 Å². The van der Waals surface area contributed by atoms with Gasteiger partial charge in [-0.25, -0.2) is 0 Å². The van der Waals surface area contributed by atoms with Gasteiger partial charge in [0.05, 0.1) is 0 Å². The fourth-order valence-corrected chi connectivity index (χ4v) is 3.42. The number of rotatable bonds is 4. The molecule has 0 spiro atoms. The van der Waals surface area contributed by atoms with E-state index in [2.05, 4.69) is 86.7 Å². The number of thiophene rings is 1. The first-order valence-corrected chi connectivity index (χ1v) is 8.18. The van der Waals surface area contributed by atoms with Crippen molar-refractivity contribution in [3.63, 3.8) is 0 Å².